The van der Waals surface area contributed by atoms with Crippen LogP contribution in [0.25, 0.3) is 0 Å². The molecule has 0 aromatic heterocycles. The van der Waals surface area contributed by atoms with Gasteiger partial charge in [-0.25, -0.2) is 0 Å². The first-order valence-electron chi connectivity index (χ1n) is 11.0. The molecule has 0 amide bonds. The third kappa shape index (κ3) is 5.86. The number of methoxy groups -OCH3 is 3. The van der Waals surface area contributed by atoms with Gasteiger partial charge in [0.25, 0.3) is 0 Å². The van der Waals surface area contributed by atoms with Crippen LogP contribution in [0.1, 0.15) is 37.8 Å². The van der Waals surface area contributed by atoms with Crippen LogP contribution in [0.5, 0.6) is 23.0 Å². The molecule has 2 aromatic carbocycles. The lowest BCUT2D eigenvalue weighted by molar-refractivity contribution is 0.292. The molecule has 0 unspecified atom stereocenters. The minimum Gasteiger partial charge on any atom is -0.504 e. The Balaban J connectivity index is 2.03. The zero-order valence-electron chi connectivity index (χ0n) is 20.1. The molecule has 0 spiro atoms. The quantitative estimate of drug-likeness (QED) is 0.511. The Kier molecular flexibility index (Phi) is 9.22. The Morgan fingerprint density at radius 1 is 0.969 bits per heavy atom. The van der Waals surface area contributed by atoms with Gasteiger partial charge in [0.2, 0.25) is 0 Å². The van der Waals surface area contributed by atoms with E-state index < -0.39 is 5.41 Å². The van der Waals surface area contributed by atoms with Crippen molar-refractivity contribution in [2.75, 3.05) is 41.5 Å². The monoisotopic (exact) mass is 440 g/mol. The zero-order chi connectivity index (χ0) is 23.7. The third-order valence-corrected chi connectivity index (χ3v) is 6.22. The first-order chi connectivity index (χ1) is 15.3. The lowest BCUT2D eigenvalue weighted by Crippen LogP contribution is -2.32. The van der Waals surface area contributed by atoms with Gasteiger partial charge in [-0.05, 0) is 74.2 Å². The number of aromatic hydroxyl groups is 1. The summed E-state index contributed by atoms with van der Waals surface area (Å²) in [6.07, 6.45) is 2.51. The number of hydrogen-bond acceptors (Lipinski definition) is 6. The van der Waals surface area contributed by atoms with Crippen molar-refractivity contribution in [3.63, 3.8) is 0 Å². The molecule has 6 heteroatoms. The van der Waals surface area contributed by atoms with Crippen molar-refractivity contribution in [1.29, 1.82) is 5.26 Å². The predicted octanol–water partition coefficient (Wildman–Crippen LogP) is 4.79. The summed E-state index contributed by atoms with van der Waals surface area (Å²) in [6.45, 7) is 5.97. The summed E-state index contributed by atoms with van der Waals surface area (Å²) in [5.41, 5.74) is 1.49. The van der Waals surface area contributed by atoms with Crippen molar-refractivity contribution in [2.24, 2.45) is 5.92 Å². The highest BCUT2D eigenvalue weighted by Crippen LogP contribution is 2.40. The third-order valence-electron chi connectivity index (χ3n) is 6.22. The number of phenols is 1. The van der Waals surface area contributed by atoms with Crippen molar-refractivity contribution in [3.05, 3.63) is 47.5 Å². The summed E-state index contributed by atoms with van der Waals surface area (Å²) in [6, 6.07) is 13.9. The second-order valence-corrected chi connectivity index (χ2v) is 8.47. The van der Waals surface area contributed by atoms with E-state index in [1.807, 2.05) is 30.3 Å². The molecule has 1 atom stereocenters. The number of rotatable bonds is 12. The Morgan fingerprint density at radius 3 is 2.25 bits per heavy atom. The second-order valence-electron chi connectivity index (χ2n) is 8.47. The summed E-state index contributed by atoms with van der Waals surface area (Å²) in [5.74, 6) is 2.11. The van der Waals surface area contributed by atoms with Gasteiger partial charge in [-0.2, -0.15) is 5.26 Å². The molecule has 174 valence electrons. The standard InChI is InChI=1S/C26H36N2O4/c1-19(2)26(18-27,21-9-11-23(30-4)25(17-21)32-6)13-7-14-28(3)15-12-20-8-10-22(29)24(16-20)31-5/h8-11,16-17,19,29H,7,12-15H2,1-6H3/t26-/m1/s1. The highest BCUT2D eigenvalue weighted by atomic mass is 16.5. The van der Waals surface area contributed by atoms with Crippen LogP contribution in [0.15, 0.2) is 36.4 Å². The zero-order valence-corrected chi connectivity index (χ0v) is 20.1. The van der Waals surface area contributed by atoms with Crippen LogP contribution < -0.4 is 14.2 Å². The van der Waals surface area contributed by atoms with Gasteiger partial charge < -0.3 is 24.2 Å². The topological polar surface area (TPSA) is 75.0 Å². The van der Waals surface area contributed by atoms with Crippen molar-refractivity contribution >= 4 is 0 Å². The van der Waals surface area contributed by atoms with Crippen LogP contribution in [0.4, 0.5) is 0 Å². The number of phenolic OH excluding ortho intramolecular Hbond substituents is 1. The van der Waals surface area contributed by atoms with E-state index >= 15 is 0 Å². The molecule has 0 saturated carbocycles. The van der Waals surface area contributed by atoms with Gasteiger partial charge in [0.1, 0.15) is 0 Å². The molecule has 0 saturated heterocycles. The summed E-state index contributed by atoms with van der Waals surface area (Å²) < 4.78 is 16.0. The Bertz CT molecular complexity index is 923. The Labute approximate surface area is 192 Å². The first-order valence-corrected chi connectivity index (χ1v) is 11.0. The van der Waals surface area contributed by atoms with Crippen molar-refractivity contribution in [2.45, 2.75) is 38.5 Å². The fourth-order valence-electron chi connectivity index (χ4n) is 4.07. The maximum atomic E-state index is 10.2. The minimum absolute atomic E-state index is 0.153. The first kappa shape index (κ1) is 25.4. The van der Waals surface area contributed by atoms with Gasteiger partial charge in [0.15, 0.2) is 23.0 Å². The number of nitriles is 1. The van der Waals surface area contributed by atoms with E-state index in [4.69, 9.17) is 14.2 Å². The molecule has 0 radical (unpaired) electrons. The van der Waals surface area contributed by atoms with Gasteiger partial charge >= 0.3 is 0 Å². The van der Waals surface area contributed by atoms with Crippen LogP contribution in [-0.4, -0.2) is 51.5 Å². The number of benzene rings is 2. The lowest BCUT2D eigenvalue weighted by Gasteiger charge is -2.32. The minimum atomic E-state index is -0.593. The highest BCUT2D eigenvalue weighted by molar-refractivity contribution is 5.47. The van der Waals surface area contributed by atoms with Crippen LogP contribution in [-0.2, 0) is 11.8 Å². The molecule has 0 aliphatic carbocycles. The average Bonchev–Trinajstić information content (AvgIpc) is 2.80. The molecule has 0 fully saturated rings. The molecular weight excluding hydrogens is 404 g/mol. The van der Waals surface area contributed by atoms with Crippen LogP contribution in [0.2, 0.25) is 0 Å². The van der Waals surface area contributed by atoms with Gasteiger partial charge in [0, 0.05) is 6.54 Å². The van der Waals surface area contributed by atoms with Gasteiger partial charge in [-0.1, -0.05) is 26.0 Å². The van der Waals surface area contributed by atoms with Crippen LogP contribution in [0.3, 0.4) is 0 Å². The molecule has 1 N–H and O–H groups in total. The van der Waals surface area contributed by atoms with Gasteiger partial charge in [0.05, 0.1) is 32.8 Å². The summed E-state index contributed by atoms with van der Waals surface area (Å²) >= 11 is 0. The normalized spacial score (nSPS) is 13.0. The smallest absolute Gasteiger partial charge is 0.161 e. The van der Waals surface area contributed by atoms with Gasteiger partial charge in [-0.15, -0.1) is 0 Å². The number of nitrogens with zero attached hydrogens (tertiary/aromatic N) is 2. The largest absolute Gasteiger partial charge is 0.504 e. The molecule has 2 aromatic rings. The maximum Gasteiger partial charge on any atom is 0.161 e. The average molecular weight is 441 g/mol. The van der Waals surface area contributed by atoms with E-state index in [-0.39, 0.29) is 11.7 Å². The highest BCUT2D eigenvalue weighted by Gasteiger charge is 2.36. The fourth-order valence-corrected chi connectivity index (χ4v) is 4.07. The van der Waals surface area contributed by atoms with E-state index in [9.17, 15) is 10.4 Å². The second kappa shape index (κ2) is 11.6. The molecular formula is C26H36N2O4. The molecule has 32 heavy (non-hydrogen) atoms. The van der Waals surface area contributed by atoms with Crippen LogP contribution >= 0.6 is 0 Å². The summed E-state index contributed by atoms with van der Waals surface area (Å²) in [5, 5.41) is 20.0. The van der Waals surface area contributed by atoms with E-state index in [2.05, 4.69) is 31.9 Å². The summed E-state index contributed by atoms with van der Waals surface area (Å²) in [7, 11) is 6.88. The number of hydrogen-bond donors (Lipinski definition) is 1. The lowest BCUT2D eigenvalue weighted by atomic mass is 9.69. The van der Waals surface area contributed by atoms with E-state index in [0.29, 0.717) is 17.2 Å². The predicted molar refractivity (Wildman–Crippen MR) is 127 cm³/mol. The summed E-state index contributed by atoms with van der Waals surface area (Å²) in [4.78, 5) is 2.27. The SMILES string of the molecule is COc1cc(CCN(C)CCC[C@](C#N)(c2ccc(OC)c(OC)c2)C(C)C)ccc1O. The van der Waals surface area contributed by atoms with E-state index in [1.54, 1.807) is 27.4 Å². The molecule has 0 bridgehead atoms. The molecule has 0 aliphatic heterocycles. The van der Waals surface area contributed by atoms with E-state index in [0.717, 1.165) is 43.5 Å². The van der Waals surface area contributed by atoms with Crippen molar-refractivity contribution in [3.8, 4) is 29.1 Å². The van der Waals surface area contributed by atoms with Crippen molar-refractivity contribution < 1.29 is 19.3 Å². The van der Waals surface area contributed by atoms with E-state index in [1.165, 1.54) is 0 Å². The number of ether oxygens (including phenoxy) is 3. The molecule has 0 heterocycles. The molecule has 6 nitrogen and oxygen atoms in total. The Morgan fingerprint density at radius 2 is 1.66 bits per heavy atom. The van der Waals surface area contributed by atoms with Crippen LogP contribution in [0, 0.1) is 17.2 Å². The Hall–Kier alpha value is -2.91. The van der Waals surface area contributed by atoms with Crippen molar-refractivity contribution in [1.82, 2.24) is 4.90 Å². The fraction of sp³-hybridized carbons (Fsp3) is 0.500. The molecule has 0 aliphatic rings. The number of likely N-dealkylation sites (N-methyl/N-ethyl adjacent to an activating group) is 1. The molecule has 2 rings (SSSR count). The maximum absolute atomic E-state index is 10.2. The van der Waals surface area contributed by atoms with Gasteiger partial charge in [-0.3, -0.25) is 0 Å².